The van der Waals surface area contributed by atoms with Crippen molar-refractivity contribution in [3.63, 3.8) is 0 Å². The first kappa shape index (κ1) is 14.0. The fourth-order valence-electron chi connectivity index (χ4n) is 2.88. The lowest BCUT2D eigenvalue weighted by atomic mass is 10.0. The molecule has 0 unspecified atom stereocenters. The number of nitrogens with two attached hydrogens (primary N) is 1. The third-order valence-electron chi connectivity index (χ3n) is 3.79. The summed E-state index contributed by atoms with van der Waals surface area (Å²) in [4.78, 5) is 0. The average molecular weight is 282 g/mol. The summed E-state index contributed by atoms with van der Waals surface area (Å²) < 4.78 is 7.55. The normalized spacial score (nSPS) is 11.6. The van der Waals surface area contributed by atoms with Gasteiger partial charge in [-0.05, 0) is 42.1 Å². The Morgan fingerprint density at radius 3 is 2.71 bits per heavy atom. The molecule has 2 N–H and O–H groups in total. The zero-order valence-electron chi connectivity index (χ0n) is 12.7. The highest BCUT2D eigenvalue weighted by Crippen LogP contribution is 2.29. The Balaban J connectivity index is 2.13. The molecule has 0 aliphatic heterocycles. The van der Waals surface area contributed by atoms with Gasteiger partial charge in [0.1, 0.15) is 0 Å². The molecule has 21 heavy (non-hydrogen) atoms. The molecule has 3 aromatic rings. The smallest absolute Gasteiger partial charge is 0.0980 e. The van der Waals surface area contributed by atoms with Gasteiger partial charge in [0.2, 0.25) is 0 Å². The molecule has 0 atom stereocenters. The Morgan fingerprint density at radius 2 is 2.05 bits per heavy atom. The number of furan rings is 1. The first-order valence-electron chi connectivity index (χ1n) is 7.53. The highest BCUT2D eigenvalue weighted by atomic mass is 16.3. The molecule has 1 aromatic carbocycles. The van der Waals surface area contributed by atoms with Crippen molar-refractivity contribution in [3.05, 3.63) is 48.6 Å². The molecule has 0 aliphatic rings. The van der Waals surface area contributed by atoms with E-state index in [1.54, 1.807) is 12.5 Å². The molecule has 0 spiro atoms. The molecule has 0 saturated carbocycles. The number of benzene rings is 1. The minimum absolute atomic E-state index is 0.615. The molecule has 2 aromatic heterocycles. The highest BCUT2D eigenvalue weighted by molar-refractivity contribution is 5.88. The minimum Gasteiger partial charge on any atom is -0.472 e. The fraction of sp³-hybridized carbons (Fsp3) is 0.333. The van der Waals surface area contributed by atoms with E-state index in [2.05, 4.69) is 42.8 Å². The van der Waals surface area contributed by atoms with Gasteiger partial charge in [-0.25, -0.2) is 0 Å². The second-order valence-corrected chi connectivity index (χ2v) is 5.98. The Morgan fingerprint density at radius 1 is 1.19 bits per heavy atom. The Labute approximate surface area is 125 Å². The third kappa shape index (κ3) is 2.74. The van der Waals surface area contributed by atoms with Crippen LogP contribution in [-0.2, 0) is 13.0 Å². The summed E-state index contributed by atoms with van der Waals surface area (Å²) in [5.41, 5.74) is 10.7. The zero-order valence-corrected chi connectivity index (χ0v) is 12.7. The van der Waals surface area contributed by atoms with Gasteiger partial charge >= 0.3 is 0 Å². The van der Waals surface area contributed by atoms with Gasteiger partial charge < -0.3 is 14.7 Å². The van der Waals surface area contributed by atoms with Crippen LogP contribution in [0.3, 0.4) is 0 Å². The van der Waals surface area contributed by atoms with Crippen molar-refractivity contribution in [2.75, 3.05) is 6.54 Å². The fourth-order valence-corrected chi connectivity index (χ4v) is 2.88. The van der Waals surface area contributed by atoms with Gasteiger partial charge in [-0.15, -0.1) is 0 Å². The summed E-state index contributed by atoms with van der Waals surface area (Å²) in [6.07, 6.45) is 6.69. The maximum Gasteiger partial charge on any atom is 0.0980 e. The Bertz CT molecular complexity index is 723. The zero-order chi connectivity index (χ0) is 14.8. The molecular weight excluding hydrogens is 260 g/mol. The van der Waals surface area contributed by atoms with E-state index in [0.29, 0.717) is 12.5 Å². The SMILES string of the molecule is CC(C)Cn1cc(CCN)c2ccc(-c3ccoc3)cc21. The molecule has 2 heterocycles. The van der Waals surface area contributed by atoms with Crippen LogP contribution in [0.1, 0.15) is 19.4 Å². The molecule has 0 saturated heterocycles. The molecule has 0 radical (unpaired) electrons. The van der Waals surface area contributed by atoms with E-state index in [-0.39, 0.29) is 0 Å². The predicted octanol–water partition coefficient (Wildman–Crippen LogP) is 4.06. The average Bonchev–Trinajstić information content (AvgIpc) is 3.08. The van der Waals surface area contributed by atoms with Crippen LogP contribution in [0.15, 0.2) is 47.4 Å². The predicted molar refractivity (Wildman–Crippen MR) is 87.2 cm³/mol. The van der Waals surface area contributed by atoms with E-state index in [0.717, 1.165) is 18.5 Å². The molecule has 0 aliphatic carbocycles. The summed E-state index contributed by atoms with van der Waals surface area (Å²) in [6.45, 7) is 6.20. The lowest BCUT2D eigenvalue weighted by Gasteiger charge is -2.09. The van der Waals surface area contributed by atoms with Crippen LogP contribution in [0.4, 0.5) is 0 Å². The largest absolute Gasteiger partial charge is 0.472 e. The number of rotatable bonds is 5. The van der Waals surface area contributed by atoms with Crippen LogP contribution in [0.25, 0.3) is 22.0 Å². The van der Waals surface area contributed by atoms with E-state index in [1.807, 2.05) is 6.07 Å². The van der Waals surface area contributed by atoms with Gasteiger partial charge in [0, 0.05) is 29.2 Å². The summed E-state index contributed by atoms with van der Waals surface area (Å²) in [7, 11) is 0. The van der Waals surface area contributed by atoms with E-state index in [9.17, 15) is 0 Å². The minimum atomic E-state index is 0.615. The molecule has 110 valence electrons. The quantitative estimate of drug-likeness (QED) is 0.767. The number of nitrogens with zero attached hydrogens (tertiary/aromatic N) is 1. The van der Waals surface area contributed by atoms with Crippen LogP contribution in [0, 0.1) is 5.92 Å². The first-order chi connectivity index (χ1) is 10.2. The monoisotopic (exact) mass is 282 g/mol. The number of hydrogen-bond donors (Lipinski definition) is 1. The topological polar surface area (TPSA) is 44.1 Å². The van der Waals surface area contributed by atoms with Gasteiger partial charge in [0.25, 0.3) is 0 Å². The first-order valence-corrected chi connectivity index (χ1v) is 7.53. The lowest BCUT2D eigenvalue weighted by molar-refractivity contribution is 0.534. The van der Waals surface area contributed by atoms with Gasteiger partial charge in [-0.2, -0.15) is 0 Å². The van der Waals surface area contributed by atoms with Gasteiger partial charge in [-0.3, -0.25) is 0 Å². The van der Waals surface area contributed by atoms with E-state index >= 15 is 0 Å². The lowest BCUT2D eigenvalue weighted by Crippen LogP contribution is -2.04. The molecule has 3 rings (SSSR count). The number of fused-ring (bicyclic) bond motifs is 1. The second kappa shape index (κ2) is 5.78. The maximum atomic E-state index is 5.75. The summed E-state index contributed by atoms with van der Waals surface area (Å²) in [5.74, 6) is 0.615. The van der Waals surface area contributed by atoms with Gasteiger partial charge in [0.15, 0.2) is 0 Å². The summed E-state index contributed by atoms with van der Waals surface area (Å²) >= 11 is 0. The van der Waals surface area contributed by atoms with Gasteiger partial charge in [-0.1, -0.05) is 26.0 Å². The van der Waals surface area contributed by atoms with Crippen LogP contribution < -0.4 is 5.73 Å². The molecule has 0 bridgehead atoms. The maximum absolute atomic E-state index is 5.75. The second-order valence-electron chi connectivity index (χ2n) is 5.98. The molecule has 3 nitrogen and oxygen atoms in total. The standard InChI is InChI=1S/C18H22N2O/c1-13(2)10-20-11-15(5-7-19)17-4-3-14(9-18(17)20)16-6-8-21-12-16/h3-4,6,8-9,11-13H,5,7,10,19H2,1-2H3. The Kier molecular flexibility index (Phi) is 3.84. The number of aromatic nitrogens is 1. The van der Waals surface area contributed by atoms with Gasteiger partial charge in [0.05, 0.1) is 12.5 Å². The van der Waals surface area contributed by atoms with Crippen molar-refractivity contribution < 1.29 is 4.42 Å². The molecule has 0 amide bonds. The van der Waals surface area contributed by atoms with Crippen molar-refractivity contribution in [1.82, 2.24) is 4.57 Å². The van der Waals surface area contributed by atoms with Crippen molar-refractivity contribution in [3.8, 4) is 11.1 Å². The Hall–Kier alpha value is -2.00. The molecule has 0 fully saturated rings. The van der Waals surface area contributed by atoms with E-state index < -0.39 is 0 Å². The van der Waals surface area contributed by atoms with Crippen molar-refractivity contribution in [2.45, 2.75) is 26.8 Å². The summed E-state index contributed by atoms with van der Waals surface area (Å²) in [6, 6.07) is 8.62. The van der Waals surface area contributed by atoms with E-state index in [1.165, 1.54) is 22.0 Å². The van der Waals surface area contributed by atoms with Crippen LogP contribution in [0.5, 0.6) is 0 Å². The molecular formula is C18H22N2O. The summed E-state index contributed by atoms with van der Waals surface area (Å²) in [5, 5.41) is 1.31. The highest BCUT2D eigenvalue weighted by Gasteiger charge is 2.11. The van der Waals surface area contributed by atoms with Crippen molar-refractivity contribution in [1.29, 1.82) is 0 Å². The third-order valence-corrected chi connectivity index (χ3v) is 3.79. The van der Waals surface area contributed by atoms with Crippen LogP contribution in [0.2, 0.25) is 0 Å². The van der Waals surface area contributed by atoms with Crippen LogP contribution >= 0.6 is 0 Å². The van der Waals surface area contributed by atoms with Crippen LogP contribution in [-0.4, -0.2) is 11.1 Å². The van der Waals surface area contributed by atoms with Crippen molar-refractivity contribution >= 4 is 10.9 Å². The van der Waals surface area contributed by atoms with Crippen molar-refractivity contribution in [2.24, 2.45) is 11.7 Å². The van der Waals surface area contributed by atoms with E-state index in [4.69, 9.17) is 10.2 Å². The number of hydrogen-bond acceptors (Lipinski definition) is 2. The molecule has 3 heteroatoms.